The molecule has 1 aromatic carbocycles. The number of hydrogen-bond donors (Lipinski definition) is 0. The zero-order chi connectivity index (χ0) is 15.6. The lowest BCUT2D eigenvalue weighted by Gasteiger charge is -2.38. The number of piperazine rings is 1. The van der Waals surface area contributed by atoms with Crippen LogP contribution >= 0.6 is 11.3 Å². The lowest BCUT2D eigenvalue weighted by molar-refractivity contribution is 0.198. The minimum atomic E-state index is 0.403. The maximum Gasteiger partial charge on any atom is 0.225 e. The van der Waals surface area contributed by atoms with Crippen molar-refractivity contribution in [1.82, 2.24) is 19.9 Å². The van der Waals surface area contributed by atoms with Gasteiger partial charge in [-0.2, -0.15) is 0 Å². The standard InChI is InChI=1S/C17H19N5S/c1-13(14-3-4-16-15(11-14)20-12-23-16)21-7-9-22(10-8-21)17-18-5-2-6-19-17/h2-6,11-13H,7-10H2,1H3/t13-/m1/s1. The average Bonchev–Trinajstić information content (AvgIpc) is 3.10. The number of fused-ring (bicyclic) bond motifs is 1. The van der Waals surface area contributed by atoms with Crippen LogP contribution in [0.4, 0.5) is 5.95 Å². The van der Waals surface area contributed by atoms with Crippen LogP contribution in [0.1, 0.15) is 18.5 Å². The first-order valence-electron chi connectivity index (χ1n) is 7.90. The van der Waals surface area contributed by atoms with E-state index >= 15 is 0 Å². The summed E-state index contributed by atoms with van der Waals surface area (Å²) < 4.78 is 1.26. The van der Waals surface area contributed by atoms with E-state index in [-0.39, 0.29) is 0 Å². The van der Waals surface area contributed by atoms with E-state index in [1.165, 1.54) is 10.3 Å². The highest BCUT2D eigenvalue weighted by Crippen LogP contribution is 2.26. The van der Waals surface area contributed by atoms with Crippen molar-refractivity contribution in [3.8, 4) is 0 Å². The summed E-state index contributed by atoms with van der Waals surface area (Å²) in [6.45, 7) is 6.26. The first-order valence-corrected chi connectivity index (χ1v) is 8.78. The van der Waals surface area contributed by atoms with Crippen molar-refractivity contribution in [2.24, 2.45) is 0 Å². The van der Waals surface area contributed by atoms with E-state index < -0.39 is 0 Å². The third-order valence-corrected chi connectivity index (χ3v) is 5.34. The first-order chi connectivity index (χ1) is 11.3. The van der Waals surface area contributed by atoms with Crippen molar-refractivity contribution >= 4 is 27.5 Å². The number of anilines is 1. The summed E-state index contributed by atoms with van der Waals surface area (Å²) in [6.07, 6.45) is 3.61. The second kappa shape index (κ2) is 6.22. The Bertz CT molecular complexity index is 780. The van der Waals surface area contributed by atoms with Crippen LogP contribution in [-0.4, -0.2) is 46.0 Å². The van der Waals surface area contributed by atoms with Crippen molar-refractivity contribution < 1.29 is 0 Å². The molecule has 3 heterocycles. The molecule has 0 radical (unpaired) electrons. The Morgan fingerprint density at radius 3 is 2.61 bits per heavy atom. The molecule has 1 atom stereocenters. The van der Waals surface area contributed by atoms with Gasteiger partial charge in [-0.05, 0) is 30.7 Å². The summed E-state index contributed by atoms with van der Waals surface area (Å²) in [7, 11) is 0. The third kappa shape index (κ3) is 2.92. The van der Waals surface area contributed by atoms with Crippen LogP contribution < -0.4 is 4.90 Å². The molecule has 2 aromatic heterocycles. The van der Waals surface area contributed by atoms with Gasteiger partial charge in [0.15, 0.2) is 0 Å². The number of thiazole rings is 1. The van der Waals surface area contributed by atoms with Gasteiger partial charge in [-0.25, -0.2) is 15.0 Å². The van der Waals surface area contributed by atoms with Crippen LogP contribution in [0, 0.1) is 0 Å². The molecule has 23 heavy (non-hydrogen) atoms. The van der Waals surface area contributed by atoms with Crippen molar-refractivity contribution in [2.75, 3.05) is 31.1 Å². The molecular weight excluding hydrogens is 306 g/mol. The second-order valence-electron chi connectivity index (χ2n) is 5.83. The largest absolute Gasteiger partial charge is 0.338 e. The highest BCUT2D eigenvalue weighted by atomic mass is 32.1. The first kappa shape index (κ1) is 14.5. The Labute approximate surface area is 139 Å². The predicted molar refractivity (Wildman–Crippen MR) is 93.9 cm³/mol. The quantitative estimate of drug-likeness (QED) is 0.741. The molecule has 1 aliphatic heterocycles. The summed E-state index contributed by atoms with van der Waals surface area (Å²) in [5.41, 5.74) is 4.36. The number of rotatable bonds is 3. The third-order valence-electron chi connectivity index (χ3n) is 4.53. The fraction of sp³-hybridized carbons (Fsp3) is 0.353. The molecule has 118 valence electrons. The molecule has 1 fully saturated rings. The van der Waals surface area contributed by atoms with Crippen molar-refractivity contribution in [3.05, 3.63) is 47.7 Å². The normalized spacial score (nSPS) is 17.5. The van der Waals surface area contributed by atoms with Gasteiger partial charge in [0.2, 0.25) is 5.95 Å². The zero-order valence-corrected chi connectivity index (χ0v) is 13.9. The fourth-order valence-electron chi connectivity index (χ4n) is 3.11. The van der Waals surface area contributed by atoms with Crippen molar-refractivity contribution in [2.45, 2.75) is 13.0 Å². The molecule has 1 saturated heterocycles. The second-order valence-corrected chi connectivity index (χ2v) is 6.71. The number of aromatic nitrogens is 3. The fourth-order valence-corrected chi connectivity index (χ4v) is 3.77. The van der Waals surface area contributed by atoms with Crippen LogP contribution in [0.5, 0.6) is 0 Å². The average molecular weight is 325 g/mol. The summed E-state index contributed by atoms with van der Waals surface area (Å²) in [4.78, 5) is 17.9. The van der Waals surface area contributed by atoms with E-state index in [9.17, 15) is 0 Å². The van der Waals surface area contributed by atoms with Gasteiger partial charge in [-0.1, -0.05) is 6.07 Å². The van der Waals surface area contributed by atoms with Gasteiger partial charge in [0, 0.05) is 44.6 Å². The maximum absolute atomic E-state index is 4.43. The van der Waals surface area contributed by atoms with E-state index in [1.807, 2.05) is 11.6 Å². The highest BCUT2D eigenvalue weighted by Gasteiger charge is 2.23. The van der Waals surface area contributed by atoms with E-state index in [1.54, 1.807) is 23.7 Å². The minimum absolute atomic E-state index is 0.403. The molecule has 5 nitrogen and oxygen atoms in total. The SMILES string of the molecule is C[C@H](c1ccc2scnc2c1)N1CCN(c2ncccn2)CC1. The summed E-state index contributed by atoms with van der Waals surface area (Å²) >= 11 is 1.70. The summed E-state index contributed by atoms with van der Waals surface area (Å²) in [5.74, 6) is 0.837. The Morgan fingerprint density at radius 2 is 1.83 bits per heavy atom. The smallest absolute Gasteiger partial charge is 0.225 e. The lowest BCUT2D eigenvalue weighted by Crippen LogP contribution is -2.47. The molecule has 6 heteroatoms. The molecule has 4 rings (SSSR count). The molecule has 0 aliphatic carbocycles. The van der Waals surface area contributed by atoms with E-state index in [4.69, 9.17) is 0 Å². The van der Waals surface area contributed by atoms with Crippen LogP contribution in [0.2, 0.25) is 0 Å². The molecule has 0 amide bonds. The van der Waals surface area contributed by atoms with Gasteiger partial charge in [0.05, 0.1) is 15.7 Å². The van der Waals surface area contributed by atoms with Crippen molar-refractivity contribution in [1.29, 1.82) is 0 Å². The number of hydrogen-bond acceptors (Lipinski definition) is 6. The molecule has 3 aromatic rings. The molecule has 0 spiro atoms. The van der Waals surface area contributed by atoms with E-state index in [0.717, 1.165) is 37.6 Å². The molecule has 0 saturated carbocycles. The Kier molecular flexibility index (Phi) is 3.93. The topological polar surface area (TPSA) is 45.2 Å². The Morgan fingerprint density at radius 1 is 1.04 bits per heavy atom. The maximum atomic E-state index is 4.43. The van der Waals surface area contributed by atoms with Crippen LogP contribution in [0.3, 0.4) is 0 Å². The molecule has 0 N–H and O–H groups in total. The highest BCUT2D eigenvalue weighted by molar-refractivity contribution is 7.16. The predicted octanol–water partition coefficient (Wildman–Crippen LogP) is 2.97. The van der Waals surface area contributed by atoms with E-state index in [2.05, 4.69) is 49.9 Å². The van der Waals surface area contributed by atoms with Gasteiger partial charge in [-0.3, -0.25) is 4.90 Å². The van der Waals surface area contributed by atoms with Crippen LogP contribution in [-0.2, 0) is 0 Å². The lowest BCUT2D eigenvalue weighted by atomic mass is 10.1. The van der Waals surface area contributed by atoms with Crippen LogP contribution in [0.25, 0.3) is 10.2 Å². The molecular formula is C17H19N5S. The summed E-state index contributed by atoms with van der Waals surface area (Å²) in [5, 5.41) is 0. The Hall–Kier alpha value is -2.05. The Balaban J connectivity index is 1.45. The molecule has 0 bridgehead atoms. The minimum Gasteiger partial charge on any atom is -0.338 e. The zero-order valence-electron chi connectivity index (χ0n) is 13.1. The summed E-state index contributed by atoms with van der Waals surface area (Å²) in [6, 6.07) is 8.91. The molecule has 1 aliphatic rings. The van der Waals surface area contributed by atoms with Gasteiger partial charge in [0.1, 0.15) is 0 Å². The van der Waals surface area contributed by atoms with Gasteiger partial charge in [0.25, 0.3) is 0 Å². The van der Waals surface area contributed by atoms with Gasteiger partial charge >= 0.3 is 0 Å². The number of benzene rings is 1. The monoisotopic (exact) mass is 325 g/mol. The molecule has 0 unspecified atom stereocenters. The van der Waals surface area contributed by atoms with Crippen molar-refractivity contribution in [3.63, 3.8) is 0 Å². The van der Waals surface area contributed by atoms with Gasteiger partial charge < -0.3 is 4.90 Å². The number of nitrogens with zero attached hydrogens (tertiary/aromatic N) is 5. The van der Waals surface area contributed by atoms with E-state index in [0.29, 0.717) is 6.04 Å². The van der Waals surface area contributed by atoms with Gasteiger partial charge in [-0.15, -0.1) is 11.3 Å². The van der Waals surface area contributed by atoms with Crippen LogP contribution in [0.15, 0.2) is 42.2 Å².